The van der Waals surface area contributed by atoms with Gasteiger partial charge in [-0.2, -0.15) is 0 Å². The second kappa shape index (κ2) is 14.9. The number of benzene rings is 2. The Morgan fingerprint density at radius 3 is 2.47 bits per heavy atom. The van der Waals surface area contributed by atoms with Crippen molar-refractivity contribution in [2.24, 2.45) is 5.92 Å². The molecule has 0 bridgehead atoms. The van der Waals surface area contributed by atoms with Crippen LogP contribution in [0.5, 0.6) is 5.75 Å². The molecule has 45 heavy (non-hydrogen) atoms. The van der Waals surface area contributed by atoms with E-state index in [4.69, 9.17) is 4.74 Å². The maximum Gasteiger partial charge on any atom is 0.251 e. The maximum atomic E-state index is 14.5. The minimum Gasteiger partial charge on any atom is -0.497 e. The van der Waals surface area contributed by atoms with E-state index in [1.54, 1.807) is 50.2 Å². The van der Waals surface area contributed by atoms with Crippen LogP contribution in [0.25, 0.3) is 0 Å². The van der Waals surface area contributed by atoms with E-state index in [1.807, 2.05) is 12.1 Å². The smallest absolute Gasteiger partial charge is 0.251 e. The number of nitrogens with one attached hydrogen (secondary N) is 4. The summed E-state index contributed by atoms with van der Waals surface area (Å²) in [7, 11) is 3.26. The Labute approximate surface area is 266 Å². The summed E-state index contributed by atoms with van der Waals surface area (Å²) in [5.74, 6) is -0.491. The highest BCUT2D eigenvalue weighted by Crippen LogP contribution is 2.32. The summed E-state index contributed by atoms with van der Waals surface area (Å²) in [6, 6.07) is 12.5. The number of fused-ring (bicyclic) bond motifs is 1. The summed E-state index contributed by atoms with van der Waals surface area (Å²) in [5.41, 5.74) is 2.78. The average Bonchev–Trinajstić information content (AvgIpc) is 3.50. The molecule has 1 saturated heterocycles. The molecular formula is C35H47N5O5. The summed E-state index contributed by atoms with van der Waals surface area (Å²) >= 11 is 0. The topological polar surface area (TPSA) is 129 Å². The van der Waals surface area contributed by atoms with Crippen LogP contribution < -0.4 is 26.0 Å². The van der Waals surface area contributed by atoms with Gasteiger partial charge in [0.25, 0.3) is 5.91 Å². The van der Waals surface area contributed by atoms with E-state index in [1.165, 1.54) is 5.56 Å². The Morgan fingerprint density at radius 2 is 1.71 bits per heavy atom. The lowest BCUT2D eigenvalue weighted by molar-refractivity contribution is -0.143. The summed E-state index contributed by atoms with van der Waals surface area (Å²) in [4.78, 5) is 56.5. The third-order valence-corrected chi connectivity index (χ3v) is 9.75. The first-order valence-corrected chi connectivity index (χ1v) is 16.4. The molecule has 242 valence electrons. The van der Waals surface area contributed by atoms with Gasteiger partial charge in [0.05, 0.1) is 19.2 Å². The van der Waals surface area contributed by atoms with Crippen LogP contribution in [0.15, 0.2) is 48.5 Å². The molecule has 2 aliphatic carbocycles. The highest BCUT2D eigenvalue weighted by atomic mass is 16.5. The fourth-order valence-electron chi connectivity index (χ4n) is 7.07. The highest BCUT2D eigenvalue weighted by Gasteiger charge is 2.45. The van der Waals surface area contributed by atoms with Gasteiger partial charge in [-0.05, 0) is 87.7 Å². The zero-order valence-electron chi connectivity index (χ0n) is 26.6. The molecule has 2 aromatic rings. The number of aryl methyl sites for hydroxylation is 1. The molecule has 4 N–H and O–H groups in total. The molecular weight excluding hydrogens is 570 g/mol. The van der Waals surface area contributed by atoms with Crippen molar-refractivity contribution < 1.29 is 23.9 Å². The van der Waals surface area contributed by atoms with Crippen LogP contribution in [-0.2, 0) is 20.8 Å². The lowest BCUT2D eigenvalue weighted by Gasteiger charge is -2.35. The van der Waals surface area contributed by atoms with E-state index in [0.29, 0.717) is 11.3 Å². The summed E-state index contributed by atoms with van der Waals surface area (Å²) in [6.07, 6.45) is 7.81. The Hall–Kier alpha value is -3.92. The molecule has 2 fully saturated rings. The van der Waals surface area contributed by atoms with Crippen molar-refractivity contribution in [2.75, 3.05) is 20.7 Å². The minimum absolute atomic E-state index is 0.0152. The first-order chi connectivity index (χ1) is 21.8. The van der Waals surface area contributed by atoms with Crippen LogP contribution in [0.2, 0.25) is 0 Å². The molecule has 5 atom stereocenters. The van der Waals surface area contributed by atoms with Gasteiger partial charge >= 0.3 is 0 Å². The molecule has 10 nitrogen and oxygen atoms in total. The molecule has 2 aromatic carbocycles. The lowest BCUT2D eigenvalue weighted by atomic mass is 9.83. The van der Waals surface area contributed by atoms with Crippen LogP contribution >= 0.6 is 0 Å². The number of likely N-dealkylation sites (N-methyl/N-ethyl adjacent to an activating group) is 1. The molecule has 10 heteroatoms. The summed E-state index contributed by atoms with van der Waals surface area (Å²) in [5, 5.41) is 12.3. The predicted molar refractivity (Wildman–Crippen MR) is 172 cm³/mol. The van der Waals surface area contributed by atoms with Gasteiger partial charge in [0, 0.05) is 18.2 Å². The monoisotopic (exact) mass is 617 g/mol. The number of nitrogens with zero attached hydrogens (tertiary/aromatic N) is 1. The van der Waals surface area contributed by atoms with Crippen molar-refractivity contribution in [3.05, 3.63) is 65.2 Å². The first kappa shape index (κ1) is 32.5. The van der Waals surface area contributed by atoms with E-state index >= 15 is 0 Å². The quantitative estimate of drug-likeness (QED) is 0.324. The highest BCUT2D eigenvalue weighted by molar-refractivity contribution is 5.96. The SMILES string of the molecule is CNC(C)C(=O)NC(C(=O)N1CC(NC(=O)c2cccc(OC)c2)CC1C(=O)NC1CCCc2ccccc21)C1CCCCC1. The third-order valence-electron chi connectivity index (χ3n) is 9.75. The van der Waals surface area contributed by atoms with E-state index in [2.05, 4.69) is 33.4 Å². The molecule has 1 heterocycles. The van der Waals surface area contributed by atoms with Gasteiger partial charge in [0.1, 0.15) is 17.8 Å². The second-order valence-corrected chi connectivity index (χ2v) is 12.7. The normalized spacial score (nSPS) is 22.9. The molecule has 1 aliphatic heterocycles. The van der Waals surface area contributed by atoms with Crippen LogP contribution in [0, 0.1) is 5.92 Å². The van der Waals surface area contributed by atoms with E-state index in [9.17, 15) is 19.2 Å². The van der Waals surface area contributed by atoms with Gasteiger partial charge in [-0.25, -0.2) is 0 Å². The zero-order chi connectivity index (χ0) is 31.9. The van der Waals surface area contributed by atoms with Crippen molar-refractivity contribution in [1.29, 1.82) is 0 Å². The number of hydrogen-bond acceptors (Lipinski definition) is 6. The largest absolute Gasteiger partial charge is 0.497 e. The van der Waals surface area contributed by atoms with Crippen molar-refractivity contribution in [1.82, 2.24) is 26.2 Å². The van der Waals surface area contributed by atoms with Crippen molar-refractivity contribution >= 4 is 23.6 Å². The van der Waals surface area contributed by atoms with Gasteiger partial charge in [-0.1, -0.05) is 49.6 Å². The predicted octanol–water partition coefficient (Wildman–Crippen LogP) is 3.26. The number of methoxy groups -OCH3 is 1. The van der Waals surface area contributed by atoms with Crippen LogP contribution in [-0.4, -0.2) is 73.4 Å². The minimum atomic E-state index is -0.785. The Morgan fingerprint density at radius 1 is 0.933 bits per heavy atom. The molecule has 1 saturated carbocycles. The number of carbonyl (C=O) groups excluding carboxylic acids is 4. The van der Waals surface area contributed by atoms with Crippen molar-refractivity contribution in [2.45, 2.75) is 94.9 Å². The number of likely N-dealkylation sites (tertiary alicyclic amines) is 1. The number of ether oxygens (including phenoxy) is 1. The fourth-order valence-corrected chi connectivity index (χ4v) is 7.07. The summed E-state index contributed by atoms with van der Waals surface area (Å²) < 4.78 is 5.28. The van der Waals surface area contributed by atoms with Gasteiger partial charge in [-0.3, -0.25) is 19.2 Å². The van der Waals surface area contributed by atoms with Crippen molar-refractivity contribution in [3.8, 4) is 5.75 Å². The molecule has 0 radical (unpaired) electrons. The van der Waals surface area contributed by atoms with Gasteiger partial charge in [-0.15, -0.1) is 0 Å². The Bertz CT molecular complexity index is 1380. The number of rotatable bonds is 10. The van der Waals surface area contributed by atoms with Gasteiger partial charge in [0.2, 0.25) is 17.7 Å². The molecule has 4 amide bonds. The Balaban J connectivity index is 1.40. The standard InChI is InChI=1S/C35H47N5O5/c1-22(36-2)32(41)39-31(24-12-5-4-6-13-24)35(44)40-21-26(37-33(42)25-15-9-16-27(19-25)45-3)20-30(40)34(43)38-29-18-10-14-23-11-7-8-17-28(23)29/h7-9,11,15-17,19,22,24,26,29-31,36H,4-6,10,12-14,18,20-21H2,1-3H3,(H,37,42)(H,38,43)(H,39,41). The second-order valence-electron chi connectivity index (χ2n) is 12.7. The first-order valence-electron chi connectivity index (χ1n) is 16.4. The van der Waals surface area contributed by atoms with Crippen LogP contribution in [0.1, 0.15) is 85.8 Å². The van der Waals surface area contributed by atoms with Gasteiger partial charge < -0.3 is 30.9 Å². The van der Waals surface area contributed by atoms with E-state index in [0.717, 1.165) is 56.9 Å². The fraction of sp³-hybridized carbons (Fsp3) is 0.543. The molecule has 5 unspecified atom stereocenters. The summed E-state index contributed by atoms with van der Waals surface area (Å²) in [6.45, 7) is 1.94. The van der Waals surface area contributed by atoms with Crippen molar-refractivity contribution in [3.63, 3.8) is 0 Å². The molecule has 0 aromatic heterocycles. The Kier molecular flexibility index (Phi) is 10.8. The lowest BCUT2D eigenvalue weighted by Crippen LogP contribution is -2.58. The maximum absolute atomic E-state index is 14.5. The number of carbonyl (C=O) groups is 4. The molecule has 5 rings (SSSR count). The van der Waals surface area contributed by atoms with Gasteiger partial charge in [0.15, 0.2) is 0 Å². The van der Waals surface area contributed by atoms with E-state index in [-0.39, 0.29) is 48.6 Å². The van der Waals surface area contributed by atoms with Crippen LogP contribution in [0.3, 0.4) is 0 Å². The number of hydrogen-bond donors (Lipinski definition) is 4. The van der Waals surface area contributed by atoms with E-state index < -0.39 is 24.2 Å². The zero-order valence-corrected chi connectivity index (χ0v) is 26.6. The van der Waals surface area contributed by atoms with Crippen LogP contribution in [0.4, 0.5) is 0 Å². The number of amides is 4. The molecule has 3 aliphatic rings. The average molecular weight is 618 g/mol. The molecule has 0 spiro atoms. The third kappa shape index (κ3) is 7.66.